The van der Waals surface area contributed by atoms with Gasteiger partial charge in [-0.1, -0.05) is 18.2 Å². The molecule has 4 N–H and O–H groups in total. The first-order valence-corrected chi connectivity index (χ1v) is 13.4. The molecule has 0 amide bonds. The van der Waals surface area contributed by atoms with E-state index in [1.807, 2.05) is 0 Å². The van der Waals surface area contributed by atoms with Gasteiger partial charge in [-0.25, -0.2) is 22.0 Å². The third-order valence-electron chi connectivity index (χ3n) is 4.97. The molecule has 0 saturated heterocycles. The fraction of sp³-hybridized carbons (Fsp3) is 0. The van der Waals surface area contributed by atoms with Crippen LogP contribution in [0.4, 0.5) is 17.1 Å². The lowest BCUT2D eigenvalue weighted by atomic mass is 10.2. The molecule has 4 aromatic rings. The molecule has 0 aliphatic carbocycles. The number of hydrogen-bond donors (Lipinski definition) is 3. The molecule has 0 atom stereocenters. The number of hydrogen-bond acceptors (Lipinski definition) is 9. The zero-order valence-electron chi connectivity index (χ0n) is 18.8. The predicted octanol–water partition coefficient (Wildman–Crippen LogP) is 3.75. The standard InChI is InChI=1S/C23H19N5O7S2/c24-36(31,32)19-9-6-16(7-10-19)23-13-8-18(35-23)15-25-26-21-12-11-20(14-22(21)28(29)30)37(33,34)27-17-4-2-1-3-5-17/h1-15,26-27H,(H2,24,31,32). The smallest absolute Gasteiger partial charge is 0.295 e. The van der Waals surface area contributed by atoms with Crippen LogP contribution in [0, 0.1) is 10.1 Å². The first-order valence-electron chi connectivity index (χ1n) is 10.4. The van der Waals surface area contributed by atoms with E-state index in [2.05, 4.69) is 15.2 Å². The van der Waals surface area contributed by atoms with Gasteiger partial charge in [-0.2, -0.15) is 5.10 Å². The Kier molecular flexibility index (Phi) is 7.06. The lowest BCUT2D eigenvalue weighted by Gasteiger charge is -2.09. The quantitative estimate of drug-likeness (QED) is 0.162. The number of hydrazone groups is 1. The summed E-state index contributed by atoms with van der Waals surface area (Å²) < 4.78 is 56.1. The van der Waals surface area contributed by atoms with Crippen molar-refractivity contribution < 1.29 is 26.2 Å². The number of nitrogens with one attached hydrogen (secondary N) is 2. The van der Waals surface area contributed by atoms with Crippen LogP contribution in [0.5, 0.6) is 0 Å². The van der Waals surface area contributed by atoms with Gasteiger partial charge in [0.15, 0.2) is 0 Å². The molecule has 0 bridgehead atoms. The number of nitrogens with zero attached hydrogens (tertiary/aromatic N) is 2. The number of nitro benzene ring substituents is 1. The molecule has 0 aliphatic rings. The number of benzene rings is 3. The summed E-state index contributed by atoms with van der Waals surface area (Å²) >= 11 is 0. The van der Waals surface area contributed by atoms with Crippen molar-refractivity contribution in [2.45, 2.75) is 9.79 Å². The van der Waals surface area contributed by atoms with Crippen LogP contribution in [0.1, 0.15) is 5.76 Å². The van der Waals surface area contributed by atoms with Crippen molar-refractivity contribution in [2.75, 3.05) is 10.1 Å². The second-order valence-corrected chi connectivity index (χ2v) is 10.8. The van der Waals surface area contributed by atoms with Crippen molar-refractivity contribution in [1.82, 2.24) is 0 Å². The van der Waals surface area contributed by atoms with E-state index in [4.69, 9.17) is 9.56 Å². The van der Waals surface area contributed by atoms with Crippen LogP contribution in [0.15, 0.2) is 104 Å². The largest absolute Gasteiger partial charge is 0.455 e. The lowest BCUT2D eigenvalue weighted by molar-refractivity contribution is -0.384. The number of para-hydroxylation sites is 1. The molecule has 14 heteroatoms. The Labute approximate surface area is 211 Å². The summed E-state index contributed by atoms with van der Waals surface area (Å²) in [5, 5.41) is 20.6. The molecular formula is C23H19N5O7S2. The Morgan fingerprint density at radius 3 is 2.22 bits per heavy atom. The summed E-state index contributed by atoms with van der Waals surface area (Å²) in [5.41, 5.74) is 2.89. The number of primary sulfonamides is 1. The molecule has 1 heterocycles. The van der Waals surface area contributed by atoms with E-state index in [-0.39, 0.29) is 15.5 Å². The third-order valence-corrected chi connectivity index (χ3v) is 7.28. The molecule has 12 nitrogen and oxygen atoms in total. The van der Waals surface area contributed by atoms with E-state index in [1.165, 1.54) is 42.6 Å². The van der Waals surface area contributed by atoms with Crippen LogP contribution in [-0.4, -0.2) is 28.0 Å². The minimum absolute atomic E-state index is 0.0368. The zero-order valence-corrected chi connectivity index (χ0v) is 20.4. The molecule has 37 heavy (non-hydrogen) atoms. The van der Waals surface area contributed by atoms with Gasteiger partial charge in [-0.3, -0.25) is 20.3 Å². The van der Waals surface area contributed by atoms with Crippen LogP contribution in [0.25, 0.3) is 11.3 Å². The average Bonchev–Trinajstić information content (AvgIpc) is 3.33. The highest BCUT2D eigenvalue weighted by atomic mass is 32.2. The number of sulfonamides is 2. The summed E-state index contributed by atoms with van der Waals surface area (Å²) in [5.74, 6) is 0.723. The first kappa shape index (κ1) is 25.6. The van der Waals surface area contributed by atoms with Gasteiger partial charge in [-0.15, -0.1) is 0 Å². The van der Waals surface area contributed by atoms with Crippen molar-refractivity contribution >= 4 is 43.3 Å². The van der Waals surface area contributed by atoms with Crippen LogP contribution in [-0.2, 0) is 20.0 Å². The molecule has 1 aromatic heterocycles. The molecule has 0 fully saturated rings. The molecule has 190 valence electrons. The van der Waals surface area contributed by atoms with Gasteiger partial charge in [-0.05, 0) is 60.7 Å². The molecule has 4 rings (SSSR count). The van der Waals surface area contributed by atoms with Crippen LogP contribution >= 0.6 is 0 Å². The van der Waals surface area contributed by atoms with Gasteiger partial charge >= 0.3 is 0 Å². The van der Waals surface area contributed by atoms with Crippen molar-refractivity contribution in [3.63, 3.8) is 0 Å². The second kappa shape index (κ2) is 10.2. The van der Waals surface area contributed by atoms with E-state index in [0.717, 1.165) is 6.07 Å². The minimum atomic E-state index is -4.06. The van der Waals surface area contributed by atoms with E-state index >= 15 is 0 Å². The Morgan fingerprint density at radius 1 is 0.892 bits per heavy atom. The van der Waals surface area contributed by atoms with Crippen LogP contribution in [0.2, 0.25) is 0 Å². The number of nitro groups is 1. The topological polar surface area (TPSA) is 187 Å². The first-order chi connectivity index (χ1) is 17.5. The highest BCUT2D eigenvalue weighted by molar-refractivity contribution is 7.92. The van der Waals surface area contributed by atoms with Crippen molar-refractivity contribution in [1.29, 1.82) is 0 Å². The number of rotatable bonds is 9. The van der Waals surface area contributed by atoms with Crippen LogP contribution < -0.4 is 15.3 Å². The summed E-state index contributed by atoms with van der Waals surface area (Å²) in [7, 11) is -7.88. The zero-order chi connectivity index (χ0) is 26.6. The van der Waals surface area contributed by atoms with Crippen molar-refractivity contribution in [2.24, 2.45) is 10.2 Å². The molecule has 0 spiro atoms. The monoisotopic (exact) mass is 541 g/mol. The average molecular weight is 542 g/mol. The molecule has 0 unspecified atom stereocenters. The van der Waals surface area contributed by atoms with Crippen molar-refractivity contribution in [3.05, 3.63) is 101 Å². The summed E-state index contributed by atoms with van der Waals surface area (Å²) in [6.45, 7) is 0. The van der Waals surface area contributed by atoms with Gasteiger partial charge in [0.1, 0.15) is 17.2 Å². The predicted molar refractivity (Wildman–Crippen MR) is 137 cm³/mol. The normalized spacial score (nSPS) is 11.9. The maximum Gasteiger partial charge on any atom is 0.295 e. The van der Waals surface area contributed by atoms with Crippen LogP contribution in [0.3, 0.4) is 0 Å². The summed E-state index contributed by atoms with van der Waals surface area (Å²) in [6, 6.07) is 20.5. The SMILES string of the molecule is NS(=O)(=O)c1ccc(-c2ccc(C=NNc3ccc(S(=O)(=O)Nc4ccccc4)cc3[N+](=O)[O-])o2)cc1. The lowest BCUT2D eigenvalue weighted by Crippen LogP contribution is -2.13. The minimum Gasteiger partial charge on any atom is -0.455 e. The van der Waals surface area contributed by atoms with Crippen molar-refractivity contribution in [3.8, 4) is 11.3 Å². The van der Waals surface area contributed by atoms with E-state index in [9.17, 15) is 26.9 Å². The highest BCUT2D eigenvalue weighted by Gasteiger charge is 2.21. The fourth-order valence-corrected chi connectivity index (χ4v) is 4.79. The maximum atomic E-state index is 12.6. The van der Waals surface area contributed by atoms with Gasteiger partial charge in [0.25, 0.3) is 15.7 Å². The van der Waals surface area contributed by atoms with E-state index < -0.39 is 30.7 Å². The molecule has 0 radical (unpaired) electrons. The Balaban J connectivity index is 1.49. The second-order valence-electron chi connectivity index (χ2n) is 7.55. The molecule has 0 saturated carbocycles. The fourth-order valence-electron chi connectivity index (χ4n) is 3.20. The maximum absolute atomic E-state index is 12.6. The molecular weight excluding hydrogens is 522 g/mol. The van der Waals surface area contributed by atoms with E-state index in [1.54, 1.807) is 42.5 Å². The summed E-state index contributed by atoms with van der Waals surface area (Å²) in [4.78, 5) is 10.5. The number of nitrogens with two attached hydrogens (primary N) is 1. The Morgan fingerprint density at radius 2 is 1.57 bits per heavy atom. The summed E-state index contributed by atoms with van der Waals surface area (Å²) in [6.07, 6.45) is 1.27. The highest BCUT2D eigenvalue weighted by Crippen LogP contribution is 2.29. The molecule has 0 aliphatic heterocycles. The number of furan rings is 1. The Bertz CT molecular complexity index is 1680. The third kappa shape index (κ3) is 6.19. The number of anilines is 2. The van der Waals surface area contributed by atoms with Gasteiger partial charge < -0.3 is 4.42 Å². The van der Waals surface area contributed by atoms with Gasteiger partial charge in [0.05, 0.1) is 20.9 Å². The Hall–Kier alpha value is -4.53. The van der Waals surface area contributed by atoms with E-state index in [0.29, 0.717) is 22.8 Å². The van der Waals surface area contributed by atoms with Gasteiger partial charge in [0.2, 0.25) is 10.0 Å². The molecule has 3 aromatic carbocycles. The van der Waals surface area contributed by atoms with Gasteiger partial charge in [0, 0.05) is 17.3 Å².